The number of nitrogens with zero attached hydrogens (tertiary/aromatic N) is 2. The summed E-state index contributed by atoms with van der Waals surface area (Å²) in [6.45, 7) is 2.05. The number of esters is 1. The van der Waals surface area contributed by atoms with E-state index in [2.05, 4.69) is 10.1 Å². The Bertz CT molecular complexity index is 1270. The van der Waals surface area contributed by atoms with Gasteiger partial charge in [-0.3, -0.25) is 4.79 Å². The van der Waals surface area contributed by atoms with Crippen LogP contribution in [0.1, 0.15) is 12.5 Å². The number of rotatable bonds is 8. The second kappa shape index (κ2) is 11.5. The minimum atomic E-state index is -0.708. The first-order valence-corrected chi connectivity index (χ1v) is 10.8. The van der Waals surface area contributed by atoms with Crippen molar-refractivity contribution in [3.63, 3.8) is 0 Å². The summed E-state index contributed by atoms with van der Waals surface area (Å²) in [6.07, 6.45) is 0.377. The number of carbonyl (C=O) groups excluding carboxylic acids is 1. The summed E-state index contributed by atoms with van der Waals surface area (Å²) < 4.78 is 16.0. The van der Waals surface area contributed by atoms with Crippen LogP contribution in [-0.4, -0.2) is 41.0 Å². The van der Waals surface area contributed by atoms with Crippen LogP contribution in [0.15, 0.2) is 71.3 Å². The molecular weight excluding hydrogens is 470 g/mol. The zero-order valence-electron chi connectivity index (χ0n) is 19.3. The van der Waals surface area contributed by atoms with E-state index in [1.54, 1.807) is 26.2 Å². The van der Waals surface area contributed by atoms with E-state index in [9.17, 15) is 9.90 Å². The number of ether oxygens (including phenoxy) is 2. The molecule has 0 saturated carbocycles. The number of aromatic nitrogens is 2. The first-order valence-electron chi connectivity index (χ1n) is 10.8. The molecule has 35 heavy (non-hydrogen) atoms. The number of hydrogen-bond acceptors (Lipinski definition) is 8. The second-order valence-electron chi connectivity index (χ2n) is 7.64. The maximum Gasteiger partial charge on any atom is 0.323 e. The molecule has 0 unspecified atom stereocenters. The van der Waals surface area contributed by atoms with Gasteiger partial charge in [-0.05, 0) is 54.8 Å². The molecule has 0 aliphatic rings. The number of methoxy groups -OCH3 is 1. The Labute approximate surface area is 209 Å². The molecule has 3 N–H and O–H groups in total. The second-order valence-corrected chi connectivity index (χ2v) is 7.64. The SMILES string of the molecule is CCOC(=O)[C@@H](N)Cc1ccc(-c2noc(-c3ccc(OC)c(-c4ccc(O)cc4)c3)n2)cc1.Cl. The number of halogens is 1. The lowest BCUT2D eigenvalue weighted by molar-refractivity contribution is -0.144. The minimum absolute atomic E-state index is 0. The van der Waals surface area contributed by atoms with Crippen molar-refractivity contribution in [3.8, 4) is 45.5 Å². The molecule has 3 aromatic carbocycles. The van der Waals surface area contributed by atoms with Crippen LogP contribution in [-0.2, 0) is 16.0 Å². The Kier molecular flexibility index (Phi) is 8.46. The van der Waals surface area contributed by atoms with E-state index in [-0.39, 0.29) is 18.2 Å². The van der Waals surface area contributed by atoms with Crippen LogP contribution in [0.5, 0.6) is 11.5 Å². The van der Waals surface area contributed by atoms with Crippen LogP contribution in [0, 0.1) is 0 Å². The van der Waals surface area contributed by atoms with Crippen LogP contribution < -0.4 is 10.5 Å². The first kappa shape index (κ1) is 25.7. The fraction of sp³-hybridized carbons (Fsp3) is 0.192. The van der Waals surface area contributed by atoms with Crippen molar-refractivity contribution in [3.05, 3.63) is 72.3 Å². The number of benzene rings is 3. The quantitative estimate of drug-likeness (QED) is 0.339. The van der Waals surface area contributed by atoms with Crippen molar-refractivity contribution >= 4 is 18.4 Å². The van der Waals surface area contributed by atoms with Crippen LogP contribution in [0.2, 0.25) is 0 Å². The summed E-state index contributed by atoms with van der Waals surface area (Å²) in [7, 11) is 1.60. The molecule has 0 saturated heterocycles. The normalized spacial score (nSPS) is 11.4. The molecule has 1 heterocycles. The molecule has 0 spiro atoms. The molecule has 4 rings (SSSR count). The van der Waals surface area contributed by atoms with Gasteiger partial charge in [0.25, 0.3) is 5.89 Å². The van der Waals surface area contributed by atoms with Gasteiger partial charge in [-0.1, -0.05) is 41.6 Å². The van der Waals surface area contributed by atoms with Crippen molar-refractivity contribution in [2.45, 2.75) is 19.4 Å². The van der Waals surface area contributed by atoms with Gasteiger partial charge < -0.3 is 24.8 Å². The Morgan fingerprint density at radius 2 is 1.69 bits per heavy atom. The smallest absolute Gasteiger partial charge is 0.323 e. The standard InChI is InChI=1S/C26H25N3O5.ClH/c1-3-33-26(31)22(27)14-16-4-6-18(7-5-16)24-28-25(34-29-24)19-10-13-23(32-2)21(15-19)17-8-11-20(30)12-9-17;/h4-13,15,22,30H,3,14,27H2,1-2H3;1H/t22-;/m0./s1. The summed E-state index contributed by atoms with van der Waals surface area (Å²) in [4.78, 5) is 16.3. The lowest BCUT2D eigenvalue weighted by Crippen LogP contribution is -2.34. The van der Waals surface area contributed by atoms with Crippen LogP contribution in [0.3, 0.4) is 0 Å². The summed E-state index contributed by atoms with van der Waals surface area (Å²) in [5.41, 5.74) is 10.0. The molecule has 0 radical (unpaired) electrons. The van der Waals surface area contributed by atoms with Gasteiger partial charge in [0, 0.05) is 16.7 Å². The largest absolute Gasteiger partial charge is 0.508 e. The molecule has 9 heteroatoms. The van der Waals surface area contributed by atoms with Crippen molar-refractivity contribution in [2.75, 3.05) is 13.7 Å². The number of nitrogens with two attached hydrogens (primary N) is 1. The van der Waals surface area contributed by atoms with E-state index in [1.807, 2.05) is 54.6 Å². The number of aromatic hydroxyl groups is 1. The lowest BCUT2D eigenvalue weighted by atomic mass is 10.0. The van der Waals surface area contributed by atoms with Gasteiger partial charge in [0.15, 0.2) is 0 Å². The number of phenols is 1. The highest BCUT2D eigenvalue weighted by atomic mass is 35.5. The van der Waals surface area contributed by atoms with E-state index in [1.165, 1.54) is 0 Å². The Hall–Kier alpha value is -3.88. The molecule has 182 valence electrons. The molecule has 1 aromatic heterocycles. The third kappa shape index (κ3) is 5.98. The number of phenolic OH excluding ortho intramolecular Hbond substituents is 1. The van der Waals surface area contributed by atoms with E-state index < -0.39 is 12.0 Å². The number of hydrogen-bond donors (Lipinski definition) is 2. The van der Waals surface area contributed by atoms with Crippen molar-refractivity contribution in [1.82, 2.24) is 10.1 Å². The molecular formula is C26H26ClN3O5. The van der Waals surface area contributed by atoms with Gasteiger partial charge in [0.2, 0.25) is 5.82 Å². The predicted molar refractivity (Wildman–Crippen MR) is 134 cm³/mol. The Balaban J connectivity index is 0.00000342. The summed E-state index contributed by atoms with van der Waals surface area (Å²) in [5.74, 6) is 1.27. The summed E-state index contributed by atoms with van der Waals surface area (Å²) in [6, 6.07) is 19.2. The van der Waals surface area contributed by atoms with Crippen molar-refractivity contribution < 1.29 is 23.9 Å². The molecule has 0 aliphatic carbocycles. The van der Waals surface area contributed by atoms with Crippen molar-refractivity contribution in [1.29, 1.82) is 0 Å². The van der Waals surface area contributed by atoms with Crippen molar-refractivity contribution in [2.24, 2.45) is 5.73 Å². The van der Waals surface area contributed by atoms with E-state index in [0.29, 0.717) is 30.5 Å². The van der Waals surface area contributed by atoms with E-state index >= 15 is 0 Å². The zero-order valence-corrected chi connectivity index (χ0v) is 20.1. The highest BCUT2D eigenvalue weighted by Crippen LogP contribution is 2.35. The Morgan fingerprint density at radius 1 is 1.03 bits per heavy atom. The zero-order chi connectivity index (χ0) is 24.1. The van der Waals surface area contributed by atoms with Crippen LogP contribution in [0.25, 0.3) is 34.0 Å². The third-order valence-corrected chi connectivity index (χ3v) is 5.31. The molecule has 0 fully saturated rings. The summed E-state index contributed by atoms with van der Waals surface area (Å²) >= 11 is 0. The monoisotopic (exact) mass is 495 g/mol. The fourth-order valence-corrected chi connectivity index (χ4v) is 3.54. The van der Waals surface area contributed by atoms with E-state index in [0.717, 1.165) is 27.8 Å². The fourth-order valence-electron chi connectivity index (χ4n) is 3.54. The van der Waals surface area contributed by atoms with Gasteiger partial charge in [-0.2, -0.15) is 4.98 Å². The van der Waals surface area contributed by atoms with Gasteiger partial charge >= 0.3 is 5.97 Å². The molecule has 0 amide bonds. The molecule has 0 aliphatic heterocycles. The minimum Gasteiger partial charge on any atom is -0.508 e. The van der Waals surface area contributed by atoms with Crippen LogP contribution in [0.4, 0.5) is 0 Å². The third-order valence-electron chi connectivity index (χ3n) is 5.31. The average Bonchev–Trinajstić information content (AvgIpc) is 3.35. The molecule has 8 nitrogen and oxygen atoms in total. The lowest BCUT2D eigenvalue weighted by Gasteiger charge is -2.10. The summed E-state index contributed by atoms with van der Waals surface area (Å²) in [5, 5.41) is 13.7. The van der Waals surface area contributed by atoms with Gasteiger partial charge in [-0.25, -0.2) is 0 Å². The molecule has 0 bridgehead atoms. The topological polar surface area (TPSA) is 121 Å². The van der Waals surface area contributed by atoms with Gasteiger partial charge in [0.1, 0.15) is 17.5 Å². The van der Waals surface area contributed by atoms with Gasteiger partial charge in [-0.15, -0.1) is 12.4 Å². The highest BCUT2D eigenvalue weighted by molar-refractivity contribution is 5.85. The van der Waals surface area contributed by atoms with Crippen LogP contribution >= 0.6 is 12.4 Å². The molecule has 4 aromatic rings. The number of carbonyl (C=O) groups is 1. The van der Waals surface area contributed by atoms with Gasteiger partial charge in [0.05, 0.1) is 13.7 Å². The molecule has 1 atom stereocenters. The average molecular weight is 496 g/mol. The first-order chi connectivity index (χ1) is 16.5. The highest BCUT2D eigenvalue weighted by Gasteiger charge is 2.17. The maximum atomic E-state index is 11.7. The predicted octanol–water partition coefficient (Wildman–Crippen LogP) is 4.64. The maximum absolute atomic E-state index is 11.7. The Morgan fingerprint density at radius 3 is 2.34 bits per heavy atom. The van der Waals surface area contributed by atoms with E-state index in [4.69, 9.17) is 19.7 Å².